The van der Waals surface area contributed by atoms with Crippen LogP contribution in [0, 0.1) is 11.8 Å². The van der Waals surface area contributed by atoms with Crippen molar-refractivity contribution in [3.8, 4) is 34.5 Å². The first kappa shape index (κ1) is 117. The number of hydrogen-bond donors (Lipinski definition) is 9. The molecule has 0 aliphatic heterocycles. The molecule has 0 aliphatic rings. The Morgan fingerprint density at radius 2 is 0.400 bits per heavy atom. The third-order valence-electron chi connectivity index (χ3n) is 16.2. The lowest BCUT2D eigenvalue weighted by atomic mass is 9.71. The fourth-order valence-electron chi connectivity index (χ4n) is 10.1. The topological polar surface area (TPSA) is 781 Å². The molecule has 6 rings (SSSR count). The Morgan fingerprint density at radius 3 is 0.600 bits per heavy atom. The minimum atomic E-state index is -1.75. The van der Waals surface area contributed by atoms with E-state index in [-0.39, 0.29) is 131 Å². The summed E-state index contributed by atoms with van der Waals surface area (Å²) in [5.74, 6) is -11.5. The number of carbonyl (C=O) groups excluding carboxylic acids is 12. The van der Waals surface area contributed by atoms with Crippen LogP contribution in [0.15, 0.2) is 146 Å². The van der Waals surface area contributed by atoms with E-state index in [2.05, 4.69) is 0 Å². The Labute approximate surface area is 685 Å². The smallest absolute Gasteiger partial charge is 0.356 e. The van der Waals surface area contributed by atoms with E-state index in [9.17, 15) is 57.5 Å². The van der Waals surface area contributed by atoms with Crippen LogP contribution in [0.4, 0.5) is 0 Å². The molecule has 42 nitrogen and oxygen atoms in total. The molecule has 1 unspecified atom stereocenters. The summed E-state index contributed by atoms with van der Waals surface area (Å²) in [6, 6.07) is 39.1. The van der Waals surface area contributed by atoms with Crippen molar-refractivity contribution in [2.75, 3.05) is 92.5 Å². The maximum absolute atomic E-state index is 13.3. The van der Waals surface area contributed by atoms with Gasteiger partial charge in [0.2, 0.25) is 6.10 Å². The molecule has 0 saturated carbocycles. The summed E-state index contributed by atoms with van der Waals surface area (Å²) < 4.78 is 62.6. The largest absolute Gasteiger partial charge is 0.465 e. The van der Waals surface area contributed by atoms with Crippen LogP contribution in [-0.4, -0.2) is 265 Å². The standard InChI is InChI=1S/C49H58O24.C29H30O9.9H2O/c1-49(35-6-12-38(13-7-35)72-48(64)39(73-45(61)19-25-55)30-69-44(60)18-24-54,33-2-8-36(9-3-33)70-46(62)31(26-65-40(56)14-20-50)27-66-41(57)15-21-51)34-4-10-37(11-5-34)71-47(63)32(28-67-42(58)16-22-52)29-68-43(59)17-23-53;1-29(20-2-8-23(9-3-20)36-26(33)14-17-30,21-4-10-24(11-5-21)37-27(34)15-18-31)22-6-12-25(13-7-22)38-28(35)16-19-32;;;;;;;;;/h2-13,31-32,39,50-55H,14-30H2,1H3;2-13,30-32H,14-19H2,1H3;9*1H2. The van der Waals surface area contributed by atoms with Gasteiger partial charge in [-0.1, -0.05) is 72.8 Å². The van der Waals surface area contributed by atoms with Gasteiger partial charge in [0.1, 0.15) is 79.4 Å². The molecule has 0 aromatic heterocycles. The van der Waals surface area contributed by atoms with Gasteiger partial charge in [0.15, 0.2) is 0 Å². The zero-order valence-corrected chi connectivity index (χ0v) is 65.2. The van der Waals surface area contributed by atoms with E-state index in [4.69, 9.17) is 103 Å². The number of benzene rings is 6. The molecule has 0 radical (unpaired) electrons. The minimum absolute atomic E-state index is 0. The van der Waals surface area contributed by atoms with Crippen LogP contribution < -0.4 is 28.4 Å². The molecule has 670 valence electrons. The predicted molar refractivity (Wildman–Crippen MR) is 413 cm³/mol. The number of rotatable bonds is 44. The van der Waals surface area contributed by atoms with Crippen LogP contribution in [0.5, 0.6) is 34.5 Å². The van der Waals surface area contributed by atoms with E-state index >= 15 is 0 Å². The predicted octanol–water partition coefficient (Wildman–Crippen LogP) is -4.61. The van der Waals surface area contributed by atoms with Crippen LogP contribution in [0.2, 0.25) is 0 Å². The SMILES string of the molecule is CC(c1ccc(OC(=O)C(COC(=O)CCO)COC(=O)CCO)cc1)(c1ccc(OC(=O)C(COC(=O)CCO)COC(=O)CCO)cc1)c1ccc(OC(=O)C(COC(=O)CCO)OC(=O)CCO)cc1.CC(c1ccc(OC(=O)CCO)cc1)(c1ccc(OC(=O)CCO)cc1)c1ccc(OC(=O)CCO)cc1.O.O.O.O.O.O.O.O.O. The van der Waals surface area contributed by atoms with E-state index in [1.54, 1.807) is 79.7 Å². The number of hydrogen-bond acceptors (Lipinski definition) is 33. The van der Waals surface area contributed by atoms with Crippen LogP contribution in [0.3, 0.4) is 0 Å². The van der Waals surface area contributed by atoms with Crippen molar-refractivity contribution in [1.29, 1.82) is 0 Å². The van der Waals surface area contributed by atoms with Gasteiger partial charge < -0.3 is 152 Å². The second-order valence-electron chi connectivity index (χ2n) is 24.1. The molecule has 0 spiro atoms. The van der Waals surface area contributed by atoms with Crippen molar-refractivity contribution in [2.45, 2.75) is 88.6 Å². The Hall–Kier alpha value is -11.8. The highest BCUT2D eigenvalue weighted by molar-refractivity contribution is 5.83. The van der Waals surface area contributed by atoms with Crippen LogP contribution in [0.25, 0.3) is 0 Å². The van der Waals surface area contributed by atoms with Gasteiger partial charge in [-0.25, -0.2) is 4.79 Å². The van der Waals surface area contributed by atoms with E-state index in [1.165, 1.54) is 36.4 Å². The summed E-state index contributed by atoms with van der Waals surface area (Å²) in [7, 11) is 0. The minimum Gasteiger partial charge on any atom is -0.465 e. The summed E-state index contributed by atoms with van der Waals surface area (Å²) in [5.41, 5.74) is 2.31. The van der Waals surface area contributed by atoms with Crippen molar-refractivity contribution < 1.29 is 210 Å². The molecular weight excluding hydrogens is 1610 g/mol. The Balaban J connectivity index is -0.000000799. The average Bonchev–Trinajstić information content (AvgIpc) is 0.767. The third-order valence-corrected chi connectivity index (χ3v) is 16.2. The van der Waals surface area contributed by atoms with E-state index < -0.39 is 186 Å². The fraction of sp³-hybridized carbons (Fsp3) is 0.385. The third kappa shape index (κ3) is 37.9. The molecule has 0 amide bonds. The van der Waals surface area contributed by atoms with Gasteiger partial charge in [0.05, 0.1) is 117 Å². The molecule has 42 heteroatoms. The highest BCUT2D eigenvalue weighted by Gasteiger charge is 2.36. The van der Waals surface area contributed by atoms with Crippen LogP contribution in [-0.2, 0) is 96.8 Å². The van der Waals surface area contributed by atoms with Gasteiger partial charge >= 0.3 is 71.6 Å². The number of esters is 12. The molecule has 0 saturated heterocycles. The molecule has 27 N–H and O–H groups in total. The molecule has 6 aromatic rings. The number of aliphatic hydroxyl groups excluding tert-OH is 9. The fourth-order valence-corrected chi connectivity index (χ4v) is 10.1. The lowest BCUT2D eigenvalue weighted by Gasteiger charge is -2.32. The molecule has 0 fully saturated rings. The van der Waals surface area contributed by atoms with Gasteiger partial charge in [0, 0.05) is 10.8 Å². The number of carbonyl (C=O) groups is 12. The molecule has 1 atom stereocenters. The van der Waals surface area contributed by atoms with Crippen LogP contribution >= 0.6 is 0 Å². The quantitative estimate of drug-likeness (QED) is 0.00752. The highest BCUT2D eigenvalue weighted by atomic mass is 16.6. The number of ether oxygens (including phenoxy) is 12. The maximum Gasteiger partial charge on any atom is 0.356 e. The van der Waals surface area contributed by atoms with Gasteiger partial charge in [-0.2, -0.15) is 0 Å². The van der Waals surface area contributed by atoms with E-state index in [0.717, 1.165) is 16.7 Å². The highest BCUT2D eigenvalue weighted by Crippen LogP contribution is 2.43. The molecule has 0 heterocycles. The molecule has 120 heavy (non-hydrogen) atoms. The number of aliphatic hydroxyl groups is 9. The Morgan fingerprint density at radius 1 is 0.233 bits per heavy atom. The zero-order chi connectivity index (χ0) is 81.3. The van der Waals surface area contributed by atoms with Crippen molar-refractivity contribution in [2.24, 2.45) is 11.8 Å². The first-order valence-electron chi connectivity index (χ1n) is 34.7. The lowest BCUT2D eigenvalue weighted by molar-refractivity contribution is -0.170. The second-order valence-corrected chi connectivity index (χ2v) is 24.1. The summed E-state index contributed by atoms with van der Waals surface area (Å²) in [5, 5.41) is 81.2. The summed E-state index contributed by atoms with van der Waals surface area (Å²) in [6.07, 6.45) is -4.39. The zero-order valence-electron chi connectivity index (χ0n) is 65.2. The average molecular weight is 1720 g/mol. The normalized spacial score (nSPS) is 10.5. The molecular formula is C78H106O42. The van der Waals surface area contributed by atoms with E-state index in [1.807, 2.05) is 43.3 Å². The monoisotopic (exact) mass is 1710 g/mol. The van der Waals surface area contributed by atoms with Crippen molar-refractivity contribution in [1.82, 2.24) is 0 Å². The van der Waals surface area contributed by atoms with Crippen molar-refractivity contribution in [3.05, 3.63) is 179 Å². The summed E-state index contributed by atoms with van der Waals surface area (Å²) in [4.78, 5) is 147. The van der Waals surface area contributed by atoms with E-state index in [0.29, 0.717) is 33.9 Å². The van der Waals surface area contributed by atoms with Crippen molar-refractivity contribution >= 4 is 71.6 Å². The van der Waals surface area contributed by atoms with Gasteiger partial charge in [0.25, 0.3) is 0 Å². The Kier molecular flexibility index (Phi) is 59.9. The first-order chi connectivity index (χ1) is 53.3. The lowest BCUT2D eigenvalue weighted by Crippen LogP contribution is -2.36. The van der Waals surface area contributed by atoms with Gasteiger partial charge in [-0.3, -0.25) is 52.7 Å². The van der Waals surface area contributed by atoms with Gasteiger partial charge in [-0.05, 0) is 120 Å². The summed E-state index contributed by atoms with van der Waals surface area (Å²) in [6.45, 7) is -3.33. The van der Waals surface area contributed by atoms with Crippen molar-refractivity contribution in [3.63, 3.8) is 0 Å². The van der Waals surface area contributed by atoms with Crippen LogP contribution in [0.1, 0.15) is 105 Å². The van der Waals surface area contributed by atoms with Gasteiger partial charge in [-0.15, -0.1) is 0 Å². The maximum atomic E-state index is 13.3. The molecule has 0 aliphatic carbocycles. The Bertz CT molecular complexity index is 3700. The molecule has 6 aromatic carbocycles. The molecule has 0 bridgehead atoms. The summed E-state index contributed by atoms with van der Waals surface area (Å²) >= 11 is 0. The first-order valence-corrected chi connectivity index (χ1v) is 34.7. The second kappa shape index (κ2) is 61.5.